The summed E-state index contributed by atoms with van der Waals surface area (Å²) in [6.07, 6.45) is 0.907. The molecular weight excluding hydrogens is 188 g/mol. The number of esters is 1. The lowest BCUT2D eigenvalue weighted by atomic mass is 9.97. The third-order valence-corrected chi connectivity index (χ3v) is 2.41. The second-order valence-electron chi connectivity index (χ2n) is 3.71. The van der Waals surface area contributed by atoms with Crippen LogP contribution >= 0.6 is 0 Å². The van der Waals surface area contributed by atoms with E-state index in [-0.39, 0.29) is 11.9 Å². The fraction of sp³-hybridized carbons (Fsp3) is 0.385. The smallest absolute Gasteiger partial charge is 0.337 e. The molecule has 1 unspecified atom stereocenters. The van der Waals surface area contributed by atoms with Crippen LogP contribution in [0.4, 0.5) is 0 Å². The Labute approximate surface area is 91.3 Å². The molecule has 2 heteroatoms. The zero-order chi connectivity index (χ0) is 11.4. The predicted molar refractivity (Wildman–Crippen MR) is 60.9 cm³/mol. The Morgan fingerprint density at radius 3 is 2.60 bits per heavy atom. The summed E-state index contributed by atoms with van der Waals surface area (Å²) >= 11 is 0. The van der Waals surface area contributed by atoms with E-state index in [0.717, 1.165) is 17.5 Å². The maximum Gasteiger partial charge on any atom is 0.337 e. The summed E-state index contributed by atoms with van der Waals surface area (Å²) in [5.74, 6) is -0.105. The molecule has 1 rings (SSSR count). The highest BCUT2D eigenvalue weighted by Gasteiger charge is 2.09. The molecule has 0 bridgehead atoms. The normalized spacial score (nSPS) is 10.5. The summed E-state index contributed by atoms with van der Waals surface area (Å²) in [5.41, 5.74) is 2.83. The number of carbonyl (C=O) groups is 1. The van der Waals surface area contributed by atoms with Gasteiger partial charge in [0.05, 0.1) is 12.7 Å². The molecule has 0 saturated heterocycles. The Kier molecular flexibility index (Phi) is 3.89. The van der Waals surface area contributed by atoms with Crippen LogP contribution in [-0.2, 0) is 11.2 Å². The Morgan fingerprint density at radius 1 is 1.47 bits per heavy atom. The van der Waals surface area contributed by atoms with Gasteiger partial charge >= 0.3 is 5.97 Å². The summed E-state index contributed by atoms with van der Waals surface area (Å²) in [6.45, 7) is 8.03. The molecule has 0 heterocycles. The zero-order valence-corrected chi connectivity index (χ0v) is 9.54. The third-order valence-electron chi connectivity index (χ3n) is 2.41. The highest BCUT2D eigenvalue weighted by atomic mass is 16.5. The number of ether oxygens (including phenoxy) is 1. The first-order valence-electron chi connectivity index (χ1n) is 5.13. The van der Waals surface area contributed by atoms with Gasteiger partial charge in [-0.05, 0) is 42.5 Å². The van der Waals surface area contributed by atoms with Crippen molar-refractivity contribution in [1.82, 2.24) is 0 Å². The van der Waals surface area contributed by atoms with E-state index in [4.69, 9.17) is 4.74 Å². The number of methoxy groups -OCH3 is 1. The minimum Gasteiger partial charge on any atom is -0.465 e. The van der Waals surface area contributed by atoms with E-state index in [9.17, 15) is 4.79 Å². The molecule has 81 valence electrons. The van der Waals surface area contributed by atoms with Crippen molar-refractivity contribution in [1.29, 1.82) is 0 Å². The standard InChI is InChI=1S/C13H17O2/c1-5-10-6-11(9(2)3)8-12(7-10)13(14)15-4/h6-9H,2,5H2,1,3-4H3. The lowest BCUT2D eigenvalue weighted by molar-refractivity contribution is 0.0600. The van der Waals surface area contributed by atoms with Crippen molar-refractivity contribution >= 4 is 5.97 Å². The number of hydrogen-bond donors (Lipinski definition) is 0. The lowest BCUT2D eigenvalue weighted by Gasteiger charge is -2.10. The van der Waals surface area contributed by atoms with Crippen molar-refractivity contribution in [3.63, 3.8) is 0 Å². The molecule has 2 nitrogen and oxygen atoms in total. The van der Waals surface area contributed by atoms with Crippen molar-refractivity contribution in [2.24, 2.45) is 0 Å². The van der Waals surface area contributed by atoms with Crippen LogP contribution in [-0.4, -0.2) is 13.1 Å². The second kappa shape index (κ2) is 4.96. The molecule has 0 amide bonds. The lowest BCUT2D eigenvalue weighted by Crippen LogP contribution is -2.04. The number of aryl methyl sites for hydroxylation is 1. The average Bonchev–Trinajstić information content (AvgIpc) is 2.27. The van der Waals surface area contributed by atoms with Crippen LogP contribution in [0.5, 0.6) is 0 Å². The molecule has 1 aromatic rings. The first kappa shape index (κ1) is 11.8. The van der Waals surface area contributed by atoms with E-state index >= 15 is 0 Å². The van der Waals surface area contributed by atoms with Crippen molar-refractivity contribution in [2.45, 2.75) is 26.2 Å². The maximum absolute atomic E-state index is 11.4. The third kappa shape index (κ3) is 2.82. The number of hydrogen-bond acceptors (Lipinski definition) is 2. The molecule has 0 aliphatic carbocycles. The van der Waals surface area contributed by atoms with Gasteiger partial charge in [-0.3, -0.25) is 0 Å². The van der Waals surface area contributed by atoms with Gasteiger partial charge in [0.2, 0.25) is 0 Å². The summed E-state index contributed by atoms with van der Waals surface area (Å²) in [6, 6.07) is 5.81. The van der Waals surface area contributed by atoms with Crippen molar-refractivity contribution in [3.05, 3.63) is 41.8 Å². The van der Waals surface area contributed by atoms with Crippen LogP contribution in [0.2, 0.25) is 0 Å². The van der Waals surface area contributed by atoms with Gasteiger partial charge in [-0.2, -0.15) is 0 Å². The highest BCUT2D eigenvalue weighted by molar-refractivity contribution is 5.89. The summed E-state index contributed by atoms with van der Waals surface area (Å²) < 4.78 is 4.71. The number of carbonyl (C=O) groups excluding carboxylic acids is 1. The molecular formula is C13H17O2. The van der Waals surface area contributed by atoms with Crippen molar-refractivity contribution in [3.8, 4) is 0 Å². The van der Waals surface area contributed by atoms with Gasteiger partial charge < -0.3 is 4.74 Å². The zero-order valence-electron chi connectivity index (χ0n) is 9.54. The molecule has 1 aromatic carbocycles. The SMILES string of the molecule is [CH2]C(C)c1cc(CC)cc(C(=O)OC)c1. The molecule has 0 N–H and O–H groups in total. The van der Waals surface area contributed by atoms with Crippen molar-refractivity contribution in [2.75, 3.05) is 7.11 Å². The summed E-state index contributed by atoms with van der Waals surface area (Å²) in [5, 5.41) is 0. The van der Waals surface area contributed by atoms with E-state index in [1.165, 1.54) is 7.11 Å². The Hall–Kier alpha value is -1.31. The molecule has 0 spiro atoms. The fourth-order valence-corrected chi connectivity index (χ4v) is 1.44. The van der Waals surface area contributed by atoms with E-state index in [2.05, 4.69) is 19.9 Å². The monoisotopic (exact) mass is 205 g/mol. The molecule has 0 aliphatic rings. The van der Waals surface area contributed by atoms with E-state index in [1.807, 2.05) is 19.1 Å². The Balaban J connectivity index is 3.17. The van der Waals surface area contributed by atoms with Gasteiger partial charge in [-0.15, -0.1) is 0 Å². The molecule has 15 heavy (non-hydrogen) atoms. The minimum atomic E-state index is -0.285. The Morgan fingerprint density at radius 2 is 2.13 bits per heavy atom. The molecule has 0 fully saturated rings. The predicted octanol–water partition coefficient (Wildman–Crippen LogP) is 2.97. The number of rotatable bonds is 3. The van der Waals surface area contributed by atoms with Gasteiger partial charge in [-0.25, -0.2) is 4.79 Å². The van der Waals surface area contributed by atoms with Gasteiger partial charge in [-0.1, -0.05) is 19.9 Å². The highest BCUT2D eigenvalue weighted by Crippen LogP contribution is 2.19. The van der Waals surface area contributed by atoms with Crippen LogP contribution in [0, 0.1) is 6.92 Å². The first-order valence-corrected chi connectivity index (χ1v) is 5.13. The first-order chi connectivity index (χ1) is 7.08. The number of benzene rings is 1. The van der Waals surface area contributed by atoms with Crippen LogP contribution < -0.4 is 0 Å². The van der Waals surface area contributed by atoms with Crippen LogP contribution in [0.1, 0.15) is 41.3 Å². The largest absolute Gasteiger partial charge is 0.465 e. The summed E-state index contributed by atoms with van der Waals surface area (Å²) in [4.78, 5) is 11.4. The minimum absolute atomic E-state index is 0.180. The van der Waals surface area contributed by atoms with Crippen LogP contribution in [0.25, 0.3) is 0 Å². The van der Waals surface area contributed by atoms with Crippen LogP contribution in [0.3, 0.4) is 0 Å². The van der Waals surface area contributed by atoms with E-state index in [0.29, 0.717) is 5.56 Å². The van der Waals surface area contributed by atoms with Crippen LogP contribution in [0.15, 0.2) is 18.2 Å². The van der Waals surface area contributed by atoms with E-state index in [1.54, 1.807) is 0 Å². The van der Waals surface area contributed by atoms with E-state index < -0.39 is 0 Å². The van der Waals surface area contributed by atoms with Gasteiger partial charge in [0.15, 0.2) is 0 Å². The quantitative estimate of drug-likeness (QED) is 0.709. The average molecular weight is 205 g/mol. The topological polar surface area (TPSA) is 26.3 Å². The molecule has 0 saturated carbocycles. The maximum atomic E-state index is 11.4. The van der Waals surface area contributed by atoms with Crippen molar-refractivity contribution < 1.29 is 9.53 Å². The molecule has 1 radical (unpaired) electrons. The molecule has 1 atom stereocenters. The second-order valence-corrected chi connectivity index (χ2v) is 3.71. The van der Waals surface area contributed by atoms with Gasteiger partial charge in [0, 0.05) is 0 Å². The molecule has 0 aromatic heterocycles. The Bertz CT molecular complexity index is 354. The molecule has 0 aliphatic heterocycles. The fourth-order valence-electron chi connectivity index (χ4n) is 1.44. The van der Waals surface area contributed by atoms with Gasteiger partial charge in [0.1, 0.15) is 0 Å². The summed E-state index contributed by atoms with van der Waals surface area (Å²) in [7, 11) is 1.40. The van der Waals surface area contributed by atoms with Gasteiger partial charge in [0.25, 0.3) is 0 Å².